The second-order valence-corrected chi connectivity index (χ2v) is 7.24. The molecule has 0 atom stereocenters. The molecule has 4 heteroatoms. The van der Waals surface area contributed by atoms with Gasteiger partial charge in [0.05, 0.1) is 0 Å². The van der Waals surface area contributed by atoms with Gasteiger partial charge in [0.2, 0.25) is 0 Å². The van der Waals surface area contributed by atoms with Crippen LogP contribution in [0.15, 0.2) is 73.1 Å². The number of rotatable bonds is 3. The first-order valence-electron chi connectivity index (χ1n) is 9.83. The molecule has 0 unspecified atom stereocenters. The van der Waals surface area contributed by atoms with Crippen LogP contribution in [0.5, 0.6) is 0 Å². The van der Waals surface area contributed by atoms with Gasteiger partial charge in [0.25, 0.3) is 5.91 Å². The van der Waals surface area contributed by atoms with Crippen LogP contribution in [0, 0.1) is 6.92 Å². The number of carbonyl (C=O) groups is 1. The van der Waals surface area contributed by atoms with Gasteiger partial charge in [-0.25, -0.2) is 0 Å². The molecule has 1 aromatic heterocycles. The minimum absolute atomic E-state index is 0.113. The molecule has 2 aromatic carbocycles. The van der Waals surface area contributed by atoms with Crippen LogP contribution in [0.3, 0.4) is 0 Å². The molecular formula is C24H25N3O. The van der Waals surface area contributed by atoms with Crippen LogP contribution in [-0.2, 0) is 0 Å². The van der Waals surface area contributed by atoms with Crippen LogP contribution in [0.4, 0.5) is 5.69 Å². The third-order valence-corrected chi connectivity index (χ3v) is 5.36. The number of para-hydroxylation sites is 1. The van der Waals surface area contributed by atoms with E-state index < -0.39 is 0 Å². The Morgan fingerprint density at radius 1 is 0.857 bits per heavy atom. The lowest BCUT2D eigenvalue weighted by Gasteiger charge is -2.25. The van der Waals surface area contributed by atoms with E-state index in [2.05, 4.69) is 41.1 Å². The number of nitrogens with zero attached hydrogens (tertiary/aromatic N) is 3. The van der Waals surface area contributed by atoms with Gasteiger partial charge in [-0.3, -0.25) is 9.78 Å². The lowest BCUT2D eigenvalue weighted by atomic mass is 10.0. The van der Waals surface area contributed by atoms with Crippen LogP contribution < -0.4 is 4.90 Å². The van der Waals surface area contributed by atoms with Crippen molar-refractivity contribution in [1.29, 1.82) is 0 Å². The summed E-state index contributed by atoms with van der Waals surface area (Å²) in [5.41, 5.74) is 5.43. The molecule has 142 valence electrons. The monoisotopic (exact) mass is 371 g/mol. The standard InChI is InChI=1S/C24H25N3O/c1-19-6-2-3-9-23(19)26-14-5-15-27(17-16-26)24(28)22-8-4-7-21(18-22)20-10-12-25-13-11-20/h2-4,6-13,18H,5,14-17H2,1H3. The number of hydrogen-bond donors (Lipinski definition) is 0. The molecule has 4 rings (SSSR count). The van der Waals surface area contributed by atoms with E-state index >= 15 is 0 Å². The van der Waals surface area contributed by atoms with Gasteiger partial charge >= 0.3 is 0 Å². The first kappa shape index (κ1) is 18.2. The normalized spacial score (nSPS) is 14.6. The third kappa shape index (κ3) is 3.91. The van der Waals surface area contributed by atoms with Crippen LogP contribution >= 0.6 is 0 Å². The predicted octanol–water partition coefficient (Wildman–Crippen LogP) is 4.41. The van der Waals surface area contributed by atoms with Crippen molar-refractivity contribution in [3.05, 3.63) is 84.2 Å². The molecule has 0 spiro atoms. The molecule has 1 amide bonds. The van der Waals surface area contributed by atoms with E-state index in [9.17, 15) is 4.79 Å². The summed E-state index contributed by atoms with van der Waals surface area (Å²) in [6.07, 6.45) is 4.53. The first-order chi connectivity index (χ1) is 13.7. The number of carbonyl (C=O) groups excluding carboxylic acids is 1. The number of hydrogen-bond acceptors (Lipinski definition) is 3. The summed E-state index contributed by atoms with van der Waals surface area (Å²) in [6.45, 7) is 5.52. The molecule has 1 fully saturated rings. The zero-order valence-corrected chi connectivity index (χ0v) is 16.2. The number of pyridine rings is 1. The quantitative estimate of drug-likeness (QED) is 0.684. The summed E-state index contributed by atoms with van der Waals surface area (Å²) in [7, 11) is 0. The molecule has 28 heavy (non-hydrogen) atoms. The van der Waals surface area contributed by atoms with E-state index in [1.54, 1.807) is 12.4 Å². The maximum atomic E-state index is 13.1. The largest absolute Gasteiger partial charge is 0.369 e. The van der Waals surface area contributed by atoms with Gasteiger partial charge in [0, 0.05) is 49.8 Å². The van der Waals surface area contributed by atoms with Crippen LogP contribution in [0.2, 0.25) is 0 Å². The Kier molecular flexibility index (Phi) is 5.38. The van der Waals surface area contributed by atoms with Gasteiger partial charge in [-0.2, -0.15) is 0 Å². The number of amides is 1. The Balaban J connectivity index is 1.49. The topological polar surface area (TPSA) is 36.4 Å². The van der Waals surface area contributed by atoms with Gasteiger partial charge in [0.1, 0.15) is 0 Å². The zero-order valence-electron chi connectivity index (χ0n) is 16.2. The van der Waals surface area contributed by atoms with E-state index in [1.165, 1.54) is 11.3 Å². The summed E-state index contributed by atoms with van der Waals surface area (Å²) in [5, 5.41) is 0. The van der Waals surface area contributed by atoms with Crippen LogP contribution in [-0.4, -0.2) is 42.0 Å². The van der Waals surface area contributed by atoms with Gasteiger partial charge in [-0.05, 0) is 60.4 Å². The van der Waals surface area contributed by atoms with Crippen molar-refractivity contribution in [1.82, 2.24) is 9.88 Å². The van der Waals surface area contributed by atoms with Crippen molar-refractivity contribution in [2.75, 3.05) is 31.1 Å². The molecule has 3 aromatic rings. The molecule has 0 radical (unpaired) electrons. The highest BCUT2D eigenvalue weighted by Gasteiger charge is 2.21. The number of aromatic nitrogens is 1. The van der Waals surface area contributed by atoms with Crippen molar-refractivity contribution in [3.8, 4) is 11.1 Å². The molecule has 0 saturated carbocycles. The third-order valence-electron chi connectivity index (χ3n) is 5.36. The fourth-order valence-electron chi connectivity index (χ4n) is 3.84. The van der Waals surface area contributed by atoms with Crippen molar-refractivity contribution in [3.63, 3.8) is 0 Å². The van der Waals surface area contributed by atoms with Crippen molar-refractivity contribution >= 4 is 11.6 Å². The summed E-state index contributed by atoms with van der Waals surface area (Å²) >= 11 is 0. The Morgan fingerprint density at radius 3 is 2.50 bits per heavy atom. The molecular weight excluding hydrogens is 346 g/mol. The van der Waals surface area contributed by atoms with E-state index in [0.29, 0.717) is 0 Å². The van der Waals surface area contributed by atoms with Gasteiger partial charge in [0.15, 0.2) is 0 Å². The Bertz CT molecular complexity index is 955. The van der Waals surface area contributed by atoms with Crippen molar-refractivity contribution < 1.29 is 4.79 Å². The Labute approximate surface area is 166 Å². The molecule has 1 aliphatic rings. The molecule has 0 N–H and O–H groups in total. The summed E-state index contributed by atoms with van der Waals surface area (Å²) in [4.78, 5) is 21.6. The van der Waals surface area contributed by atoms with E-state index in [4.69, 9.17) is 0 Å². The summed E-state index contributed by atoms with van der Waals surface area (Å²) in [5.74, 6) is 0.113. The lowest BCUT2D eigenvalue weighted by Crippen LogP contribution is -2.35. The first-order valence-corrected chi connectivity index (χ1v) is 9.83. The zero-order chi connectivity index (χ0) is 19.3. The molecule has 2 heterocycles. The van der Waals surface area contributed by atoms with Gasteiger partial charge in [-0.1, -0.05) is 30.3 Å². The average molecular weight is 371 g/mol. The Morgan fingerprint density at radius 2 is 1.68 bits per heavy atom. The minimum Gasteiger partial charge on any atom is -0.369 e. The summed E-state index contributed by atoms with van der Waals surface area (Å²) < 4.78 is 0. The van der Waals surface area contributed by atoms with Crippen LogP contribution in [0.1, 0.15) is 22.3 Å². The van der Waals surface area contributed by atoms with E-state index in [0.717, 1.165) is 49.3 Å². The van der Waals surface area contributed by atoms with Gasteiger partial charge < -0.3 is 9.80 Å². The highest BCUT2D eigenvalue weighted by molar-refractivity contribution is 5.95. The lowest BCUT2D eigenvalue weighted by molar-refractivity contribution is 0.0767. The average Bonchev–Trinajstić information content (AvgIpc) is 3.00. The molecule has 1 saturated heterocycles. The van der Waals surface area contributed by atoms with E-state index in [1.807, 2.05) is 41.3 Å². The number of aryl methyl sites for hydroxylation is 1. The number of anilines is 1. The molecule has 0 bridgehead atoms. The van der Waals surface area contributed by atoms with Crippen molar-refractivity contribution in [2.24, 2.45) is 0 Å². The second-order valence-electron chi connectivity index (χ2n) is 7.24. The smallest absolute Gasteiger partial charge is 0.253 e. The van der Waals surface area contributed by atoms with Crippen molar-refractivity contribution in [2.45, 2.75) is 13.3 Å². The maximum Gasteiger partial charge on any atom is 0.253 e. The molecule has 4 nitrogen and oxygen atoms in total. The van der Waals surface area contributed by atoms with Crippen LogP contribution in [0.25, 0.3) is 11.1 Å². The summed E-state index contributed by atoms with van der Waals surface area (Å²) in [6, 6.07) is 20.3. The maximum absolute atomic E-state index is 13.1. The van der Waals surface area contributed by atoms with E-state index in [-0.39, 0.29) is 5.91 Å². The SMILES string of the molecule is Cc1ccccc1N1CCCN(C(=O)c2cccc(-c3ccncc3)c2)CC1. The fraction of sp³-hybridized carbons (Fsp3) is 0.250. The highest BCUT2D eigenvalue weighted by atomic mass is 16.2. The Hall–Kier alpha value is -3.14. The predicted molar refractivity (Wildman–Crippen MR) is 114 cm³/mol. The highest BCUT2D eigenvalue weighted by Crippen LogP contribution is 2.23. The van der Waals surface area contributed by atoms with Gasteiger partial charge in [-0.15, -0.1) is 0 Å². The molecule has 1 aliphatic heterocycles. The second kappa shape index (κ2) is 8.26. The molecule has 0 aliphatic carbocycles. The number of benzene rings is 2. The fourth-order valence-corrected chi connectivity index (χ4v) is 3.84. The minimum atomic E-state index is 0.113.